The van der Waals surface area contributed by atoms with Gasteiger partial charge in [0.25, 0.3) is 0 Å². The van der Waals surface area contributed by atoms with Crippen molar-refractivity contribution in [3.63, 3.8) is 0 Å². The van der Waals surface area contributed by atoms with Gasteiger partial charge in [0.1, 0.15) is 0 Å². The van der Waals surface area contributed by atoms with Crippen LogP contribution in [0.15, 0.2) is 11.4 Å². The smallest absolute Gasteiger partial charge is 0.226 e. The number of aryl methyl sites for hydroxylation is 3. The summed E-state index contributed by atoms with van der Waals surface area (Å²) in [6.45, 7) is 11.4. The van der Waals surface area contributed by atoms with Crippen LogP contribution in [0.1, 0.15) is 54.5 Å². The Morgan fingerprint density at radius 1 is 1.23 bits per heavy atom. The molecule has 0 radical (unpaired) electrons. The molecule has 3 aromatic heterocycles. The van der Waals surface area contributed by atoms with Crippen molar-refractivity contribution < 1.29 is 4.79 Å². The van der Waals surface area contributed by atoms with E-state index in [2.05, 4.69) is 37.6 Å². The number of piperidine rings is 1. The number of nitrogens with one attached hydrogen (secondary N) is 1. The number of likely N-dealkylation sites (tertiary alicyclic amines) is 1. The SMILES string of the molecule is Cc1cc2nc(C)c(CCC(=O)Nc3nc(CN4CCC(C)CC4)cs3)c(C)n2n1. The van der Waals surface area contributed by atoms with Crippen molar-refractivity contribution in [2.24, 2.45) is 5.92 Å². The van der Waals surface area contributed by atoms with Gasteiger partial charge in [-0.1, -0.05) is 6.92 Å². The molecule has 0 aromatic carbocycles. The molecule has 0 unspecified atom stereocenters. The number of thiazole rings is 1. The average molecular weight is 427 g/mol. The van der Waals surface area contributed by atoms with Gasteiger partial charge < -0.3 is 5.32 Å². The Morgan fingerprint density at radius 3 is 2.77 bits per heavy atom. The zero-order valence-corrected chi connectivity index (χ0v) is 19.1. The van der Waals surface area contributed by atoms with E-state index in [4.69, 9.17) is 0 Å². The molecule has 1 aliphatic rings. The molecule has 1 fully saturated rings. The number of aromatic nitrogens is 4. The molecule has 1 aliphatic heterocycles. The van der Waals surface area contributed by atoms with Crippen LogP contribution in [0.25, 0.3) is 5.65 Å². The van der Waals surface area contributed by atoms with Crippen molar-refractivity contribution in [2.45, 2.75) is 59.9 Å². The minimum atomic E-state index is -0.0155. The highest BCUT2D eigenvalue weighted by Gasteiger charge is 2.17. The third-order valence-corrected chi connectivity index (χ3v) is 6.75. The molecule has 0 aliphatic carbocycles. The number of hydrogen-bond donors (Lipinski definition) is 1. The van der Waals surface area contributed by atoms with Crippen LogP contribution in [-0.2, 0) is 17.8 Å². The van der Waals surface area contributed by atoms with Gasteiger partial charge >= 0.3 is 0 Å². The summed E-state index contributed by atoms with van der Waals surface area (Å²) in [7, 11) is 0. The highest BCUT2D eigenvalue weighted by molar-refractivity contribution is 7.13. The summed E-state index contributed by atoms with van der Waals surface area (Å²) in [5.41, 5.74) is 5.93. The predicted octanol–water partition coefficient (Wildman–Crippen LogP) is 3.91. The Hall–Kier alpha value is -2.32. The molecule has 1 N–H and O–H groups in total. The number of anilines is 1. The first-order chi connectivity index (χ1) is 14.4. The van der Waals surface area contributed by atoms with Crippen LogP contribution < -0.4 is 5.32 Å². The number of carbonyl (C=O) groups excluding carboxylic acids is 1. The van der Waals surface area contributed by atoms with Crippen molar-refractivity contribution in [2.75, 3.05) is 18.4 Å². The van der Waals surface area contributed by atoms with Gasteiger partial charge in [0.15, 0.2) is 10.8 Å². The lowest BCUT2D eigenvalue weighted by Crippen LogP contribution is -2.32. The molecule has 1 amide bonds. The van der Waals surface area contributed by atoms with Crippen LogP contribution in [-0.4, -0.2) is 43.5 Å². The van der Waals surface area contributed by atoms with Crippen molar-refractivity contribution in [3.05, 3.63) is 39.8 Å². The molecule has 7 nitrogen and oxygen atoms in total. The van der Waals surface area contributed by atoms with Crippen LogP contribution >= 0.6 is 11.3 Å². The molecule has 160 valence electrons. The van der Waals surface area contributed by atoms with Gasteiger partial charge in [-0.2, -0.15) is 5.10 Å². The summed E-state index contributed by atoms with van der Waals surface area (Å²) < 4.78 is 1.87. The van der Waals surface area contributed by atoms with Gasteiger partial charge in [-0.25, -0.2) is 14.5 Å². The van der Waals surface area contributed by atoms with Gasteiger partial charge in [0.05, 0.1) is 11.4 Å². The maximum absolute atomic E-state index is 12.5. The number of hydrogen-bond acceptors (Lipinski definition) is 6. The maximum Gasteiger partial charge on any atom is 0.226 e. The third-order valence-electron chi connectivity index (χ3n) is 5.95. The van der Waals surface area contributed by atoms with E-state index in [9.17, 15) is 4.79 Å². The molecule has 1 saturated heterocycles. The third kappa shape index (κ3) is 4.70. The Balaban J connectivity index is 1.33. The Labute approximate surface area is 181 Å². The molecule has 30 heavy (non-hydrogen) atoms. The lowest BCUT2D eigenvalue weighted by molar-refractivity contribution is -0.116. The van der Waals surface area contributed by atoms with Crippen LogP contribution in [0.4, 0.5) is 5.13 Å². The number of fused-ring (bicyclic) bond motifs is 1. The van der Waals surface area contributed by atoms with E-state index < -0.39 is 0 Å². The molecule has 0 atom stereocenters. The van der Waals surface area contributed by atoms with Crippen LogP contribution in [0.5, 0.6) is 0 Å². The standard InChI is InChI=1S/C22H30N6OS/c1-14-7-9-27(10-8-14)12-18-13-30-22(24-18)25-21(29)6-5-19-16(3)23-20-11-15(2)26-28(20)17(19)4/h11,13-14H,5-10,12H2,1-4H3,(H,24,25,29). The topological polar surface area (TPSA) is 75.4 Å². The van der Waals surface area contributed by atoms with Crippen LogP contribution in [0.3, 0.4) is 0 Å². The van der Waals surface area contributed by atoms with Crippen molar-refractivity contribution >= 4 is 28.0 Å². The lowest BCUT2D eigenvalue weighted by atomic mass is 9.99. The predicted molar refractivity (Wildman–Crippen MR) is 120 cm³/mol. The zero-order valence-electron chi connectivity index (χ0n) is 18.2. The minimum Gasteiger partial charge on any atom is -0.302 e. The van der Waals surface area contributed by atoms with Gasteiger partial charge in [-0.15, -0.1) is 11.3 Å². The summed E-state index contributed by atoms with van der Waals surface area (Å²) in [6.07, 6.45) is 3.54. The second-order valence-electron chi connectivity index (χ2n) is 8.47. The normalized spacial score (nSPS) is 15.7. The molecule has 0 spiro atoms. The molecule has 0 bridgehead atoms. The first-order valence-corrected chi connectivity index (χ1v) is 11.6. The van der Waals surface area contributed by atoms with Gasteiger partial charge in [-0.3, -0.25) is 9.69 Å². The minimum absolute atomic E-state index is 0.0155. The summed E-state index contributed by atoms with van der Waals surface area (Å²) in [4.78, 5) is 24.2. The zero-order chi connectivity index (χ0) is 21.3. The second kappa shape index (κ2) is 8.81. The summed E-state index contributed by atoms with van der Waals surface area (Å²) in [5, 5.41) is 10.2. The number of nitrogens with zero attached hydrogens (tertiary/aromatic N) is 5. The quantitative estimate of drug-likeness (QED) is 0.647. The van der Waals surface area contributed by atoms with E-state index in [1.165, 1.54) is 24.2 Å². The highest BCUT2D eigenvalue weighted by atomic mass is 32.1. The molecule has 0 saturated carbocycles. The second-order valence-corrected chi connectivity index (χ2v) is 9.33. The molecule has 8 heteroatoms. The van der Waals surface area contributed by atoms with Gasteiger partial charge in [0, 0.05) is 35.8 Å². The molecular formula is C22H30N6OS. The van der Waals surface area contributed by atoms with Gasteiger partial charge in [-0.05, 0) is 64.6 Å². The fourth-order valence-electron chi connectivity index (χ4n) is 4.11. The lowest BCUT2D eigenvalue weighted by Gasteiger charge is -2.29. The van der Waals surface area contributed by atoms with Crippen molar-refractivity contribution in [1.29, 1.82) is 0 Å². The monoisotopic (exact) mass is 426 g/mol. The molecule has 4 heterocycles. The van der Waals surface area contributed by atoms with Crippen molar-refractivity contribution in [1.82, 2.24) is 24.5 Å². The Morgan fingerprint density at radius 2 is 2.00 bits per heavy atom. The summed E-state index contributed by atoms with van der Waals surface area (Å²) >= 11 is 1.50. The Kier molecular flexibility index (Phi) is 6.15. The van der Waals surface area contributed by atoms with E-state index >= 15 is 0 Å². The first-order valence-electron chi connectivity index (χ1n) is 10.7. The maximum atomic E-state index is 12.5. The molecule has 3 aromatic rings. The number of carbonyl (C=O) groups is 1. The summed E-state index contributed by atoms with van der Waals surface area (Å²) in [6, 6.07) is 1.97. The van der Waals surface area contributed by atoms with E-state index in [-0.39, 0.29) is 5.91 Å². The Bertz CT molecular complexity index is 1050. The van der Waals surface area contributed by atoms with Crippen LogP contribution in [0.2, 0.25) is 0 Å². The van der Waals surface area contributed by atoms with E-state index in [0.717, 1.165) is 59.5 Å². The van der Waals surface area contributed by atoms with Gasteiger partial charge in [0.2, 0.25) is 5.91 Å². The fraction of sp³-hybridized carbons (Fsp3) is 0.545. The highest BCUT2D eigenvalue weighted by Crippen LogP contribution is 2.22. The summed E-state index contributed by atoms with van der Waals surface area (Å²) in [5.74, 6) is 0.810. The van der Waals surface area contributed by atoms with E-state index in [1.807, 2.05) is 31.4 Å². The van der Waals surface area contributed by atoms with Crippen molar-refractivity contribution in [3.8, 4) is 0 Å². The first kappa shape index (κ1) is 20.9. The molecular weight excluding hydrogens is 396 g/mol. The number of rotatable bonds is 6. The van der Waals surface area contributed by atoms with E-state index in [1.54, 1.807) is 0 Å². The number of amides is 1. The fourth-order valence-corrected chi connectivity index (χ4v) is 4.83. The molecule has 4 rings (SSSR count). The van der Waals surface area contributed by atoms with Crippen LogP contribution in [0, 0.1) is 26.7 Å². The van der Waals surface area contributed by atoms with E-state index in [0.29, 0.717) is 18.0 Å². The average Bonchev–Trinajstić information content (AvgIpc) is 3.29. The largest absolute Gasteiger partial charge is 0.302 e.